The third-order valence-electron chi connectivity index (χ3n) is 3.07. The molecule has 1 N–H and O–H groups in total. The Balaban J connectivity index is 2.21. The maximum Gasteiger partial charge on any atom is 0.243 e. The zero-order chi connectivity index (χ0) is 12.3. The summed E-state index contributed by atoms with van der Waals surface area (Å²) in [7, 11) is 1.72. The van der Waals surface area contributed by atoms with Gasteiger partial charge in [-0.25, -0.2) is 0 Å². The first-order chi connectivity index (χ1) is 8.24. The molecule has 1 aromatic carbocycles. The Kier molecular flexibility index (Phi) is 3.40. The summed E-state index contributed by atoms with van der Waals surface area (Å²) in [5.74, 6) is 0.0326. The predicted octanol–water partition coefficient (Wildman–Crippen LogP) is 1.27. The largest absolute Gasteiger partial charge is 0.313 e. The highest BCUT2D eigenvalue weighted by molar-refractivity contribution is 5.97. The Morgan fingerprint density at radius 3 is 2.94 bits per heavy atom. The molecule has 1 atom stereocenters. The molecule has 17 heavy (non-hydrogen) atoms. The van der Waals surface area contributed by atoms with E-state index in [9.17, 15) is 4.79 Å². The van der Waals surface area contributed by atoms with Gasteiger partial charge in [0.05, 0.1) is 17.3 Å². The standard InChI is InChI=1S/C13H15N3O/c1-16(13(17)11-6-4-8-15-11)12-7-3-2-5-10(12)9-14/h2-3,5,7,11,15H,4,6,8H2,1H3/t11-/m1/s1. The first kappa shape index (κ1) is 11.6. The number of nitriles is 1. The fraction of sp³-hybridized carbons (Fsp3) is 0.385. The van der Waals surface area contributed by atoms with Gasteiger partial charge < -0.3 is 10.2 Å². The van der Waals surface area contributed by atoms with Crippen molar-refractivity contribution in [2.75, 3.05) is 18.5 Å². The fourth-order valence-electron chi connectivity index (χ4n) is 2.11. The van der Waals surface area contributed by atoms with E-state index in [2.05, 4.69) is 11.4 Å². The van der Waals surface area contributed by atoms with Crippen LogP contribution >= 0.6 is 0 Å². The van der Waals surface area contributed by atoms with Crippen LogP contribution in [0.5, 0.6) is 0 Å². The van der Waals surface area contributed by atoms with E-state index in [1.165, 1.54) is 0 Å². The SMILES string of the molecule is CN(C(=O)[C@H]1CCCN1)c1ccccc1C#N. The summed E-state index contributed by atoms with van der Waals surface area (Å²) in [5, 5.41) is 12.2. The van der Waals surface area contributed by atoms with Crippen LogP contribution in [0.3, 0.4) is 0 Å². The maximum absolute atomic E-state index is 12.2. The molecule has 4 nitrogen and oxygen atoms in total. The van der Waals surface area contributed by atoms with Gasteiger partial charge in [0.1, 0.15) is 6.07 Å². The molecule has 1 amide bonds. The second kappa shape index (κ2) is 4.98. The molecule has 1 heterocycles. The average molecular weight is 229 g/mol. The Morgan fingerprint density at radius 2 is 2.29 bits per heavy atom. The van der Waals surface area contributed by atoms with E-state index >= 15 is 0 Å². The monoisotopic (exact) mass is 229 g/mol. The molecule has 1 fully saturated rings. The van der Waals surface area contributed by atoms with Gasteiger partial charge in [-0.2, -0.15) is 5.26 Å². The molecular formula is C13H15N3O. The number of nitrogens with zero attached hydrogens (tertiary/aromatic N) is 2. The van der Waals surface area contributed by atoms with Crippen LogP contribution in [0.1, 0.15) is 18.4 Å². The number of hydrogen-bond donors (Lipinski definition) is 1. The number of benzene rings is 1. The van der Waals surface area contributed by atoms with Crippen molar-refractivity contribution in [1.82, 2.24) is 5.32 Å². The van der Waals surface area contributed by atoms with Crippen LogP contribution in [0.15, 0.2) is 24.3 Å². The van der Waals surface area contributed by atoms with Crippen molar-refractivity contribution in [2.24, 2.45) is 0 Å². The van der Waals surface area contributed by atoms with Gasteiger partial charge >= 0.3 is 0 Å². The minimum Gasteiger partial charge on any atom is -0.313 e. The number of amides is 1. The summed E-state index contributed by atoms with van der Waals surface area (Å²) in [6.07, 6.45) is 1.90. The minimum atomic E-state index is -0.105. The summed E-state index contributed by atoms with van der Waals surface area (Å²) in [5.41, 5.74) is 1.20. The molecule has 1 saturated heterocycles. The number of nitrogens with one attached hydrogen (secondary N) is 1. The Morgan fingerprint density at radius 1 is 1.53 bits per heavy atom. The van der Waals surface area contributed by atoms with Crippen LogP contribution in [-0.2, 0) is 4.79 Å². The number of hydrogen-bond acceptors (Lipinski definition) is 3. The lowest BCUT2D eigenvalue weighted by molar-refractivity contribution is -0.119. The average Bonchev–Trinajstić information content (AvgIpc) is 2.90. The van der Waals surface area contributed by atoms with Crippen LogP contribution in [0, 0.1) is 11.3 Å². The molecule has 0 saturated carbocycles. The predicted molar refractivity (Wildman–Crippen MR) is 65.6 cm³/mol. The van der Waals surface area contributed by atoms with Crippen molar-refractivity contribution in [3.05, 3.63) is 29.8 Å². The Bertz CT molecular complexity index is 458. The number of anilines is 1. The summed E-state index contributed by atoms with van der Waals surface area (Å²) >= 11 is 0. The van der Waals surface area contributed by atoms with E-state index in [1.54, 1.807) is 30.1 Å². The lowest BCUT2D eigenvalue weighted by Gasteiger charge is -2.22. The van der Waals surface area contributed by atoms with E-state index in [0.717, 1.165) is 19.4 Å². The molecule has 88 valence electrons. The first-order valence-corrected chi connectivity index (χ1v) is 5.74. The third-order valence-corrected chi connectivity index (χ3v) is 3.07. The molecule has 2 rings (SSSR count). The molecule has 0 bridgehead atoms. The zero-order valence-electron chi connectivity index (χ0n) is 9.81. The number of rotatable bonds is 2. The molecule has 0 radical (unpaired) electrons. The van der Waals surface area contributed by atoms with Crippen LogP contribution in [-0.4, -0.2) is 25.5 Å². The van der Waals surface area contributed by atoms with Crippen molar-refractivity contribution in [1.29, 1.82) is 5.26 Å². The van der Waals surface area contributed by atoms with Crippen molar-refractivity contribution in [3.63, 3.8) is 0 Å². The number of carbonyl (C=O) groups is 1. The van der Waals surface area contributed by atoms with Gasteiger partial charge in [-0.3, -0.25) is 4.79 Å². The minimum absolute atomic E-state index is 0.0326. The van der Waals surface area contributed by atoms with Crippen LogP contribution in [0.2, 0.25) is 0 Å². The zero-order valence-corrected chi connectivity index (χ0v) is 9.81. The molecule has 0 aromatic heterocycles. The smallest absolute Gasteiger partial charge is 0.243 e. The molecule has 4 heteroatoms. The molecular weight excluding hydrogens is 214 g/mol. The van der Waals surface area contributed by atoms with E-state index in [4.69, 9.17) is 5.26 Å². The maximum atomic E-state index is 12.2. The second-order valence-electron chi connectivity index (χ2n) is 4.18. The van der Waals surface area contributed by atoms with Crippen molar-refractivity contribution in [2.45, 2.75) is 18.9 Å². The number of carbonyl (C=O) groups excluding carboxylic acids is 1. The first-order valence-electron chi connectivity index (χ1n) is 5.74. The van der Waals surface area contributed by atoms with Gasteiger partial charge in [0.2, 0.25) is 5.91 Å². The van der Waals surface area contributed by atoms with E-state index < -0.39 is 0 Å². The van der Waals surface area contributed by atoms with Gasteiger partial charge in [0, 0.05) is 7.05 Å². The number of likely N-dealkylation sites (N-methyl/N-ethyl adjacent to an activating group) is 1. The van der Waals surface area contributed by atoms with Gasteiger partial charge in [-0.1, -0.05) is 12.1 Å². The summed E-state index contributed by atoms with van der Waals surface area (Å²) in [6, 6.07) is 9.16. The normalized spacial score (nSPS) is 18.7. The lowest BCUT2D eigenvalue weighted by Crippen LogP contribution is -2.41. The van der Waals surface area contributed by atoms with Crippen LogP contribution in [0.25, 0.3) is 0 Å². The van der Waals surface area contributed by atoms with Crippen LogP contribution < -0.4 is 10.2 Å². The molecule has 1 aliphatic rings. The molecule has 1 aromatic rings. The quantitative estimate of drug-likeness (QED) is 0.831. The molecule has 0 aliphatic carbocycles. The van der Waals surface area contributed by atoms with Crippen molar-refractivity contribution < 1.29 is 4.79 Å². The summed E-state index contributed by atoms with van der Waals surface area (Å²) in [6.45, 7) is 0.893. The molecule has 1 aliphatic heterocycles. The van der Waals surface area contributed by atoms with E-state index in [-0.39, 0.29) is 11.9 Å². The fourth-order valence-corrected chi connectivity index (χ4v) is 2.11. The molecule has 0 unspecified atom stereocenters. The third kappa shape index (κ3) is 2.29. The van der Waals surface area contributed by atoms with Crippen molar-refractivity contribution in [3.8, 4) is 6.07 Å². The topological polar surface area (TPSA) is 56.1 Å². The summed E-state index contributed by atoms with van der Waals surface area (Å²) in [4.78, 5) is 13.7. The Labute approximate surface area is 101 Å². The highest BCUT2D eigenvalue weighted by Gasteiger charge is 2.26. The van der Waals surface area contributed by atoms with Crippen LogP contribution in [0.4, 0.5) is 5.69 Å². The number of para-hydroxylation sites is 1. The summed E-state index contributed by atoms with van der Waals surface area (Å²) < 4.78 is 0. The second-order valence-corrected chi connectivity index (χ2v) is 4.18. The van der Waals surface area contributed by atoms with Gasteiger partial charge in [-0.05, 0) is 31.5 Å². The highest BCUT2D eigenvalue weighted by Crippen LogP contribution is 2.20. The van der Waals surface area contributed by atoms with Crippen molar-refractivity contribution >= 4 is 11.6 Å². The van der Waals surface area contributed by atoms with E-state index in [1.807, 2.05) is 6.07 Å². The molecule has 0 spiro atoms. The van der Waals surface area contributed by atoms with Gasteiger partial charge in [0.25, 0.3) is 0 Å². The highest BCUT2D eigenvalue weighted by atomic mass is 16.2. The lowest BCUT2D eigenvalue weighted by atomic mass is 10.1. The van der Waals surface area contributed by atoms with E-state index in [0.29, 0.717) is 11.3 Å². The van der Waals surface area contributed by atoms with Gasteiger partial charge in [-0.15, -0.1) is 0 Å². The van der Waals surface area contributed by atoms with Gasteiger partial charge in [0.15, 0.2) is 0 Å². The Hall–Kier alpha value is -1.86.